The van der Waals surface area contributed by atoms with Crippen molar-refractivity contribution in [1.82, 2.24) is 0 Å². The molecule has 2 aromatic carbocycles. The predicted octanol–water partition coefficient (Wildman–Crippen LogP) is 4.18. The Bertz CT molecular complexity index is 846. The van der Waals surface area contributed by atoms with Crippen LogP contribution in [0.1, 0.15) is 35.3 Å². The fourth-order valence-corrected chi connectivity index (χ4v) is 4.17. The highest BCUT2D eigenvalue weighted by atomic mass is 31.2. The van der Waals surface area contributed by atoms with Crippen molar-refractivity contribution < 1.29 is 23.5 Å². The summed E-state index contributed by atoms with van der Waals surface area (Å²) in [5.41, 5.74) is 1.12. The normalized spacial score (nSPS) is 11.4. The topological polar surface area (TPSA) is 96.6 Å². The number of nitrogens with zero attached hydrogens (tertiary/aromatic N) is 1. The van der Waals surface area contributed by atoms with Crippen molar-refractivity contribution in [2.24, 2.45) is 0 Å². The zero-order valence-electron chi connectivity index (χ0n) is 13.5. The van der Waals surface area contributed by atoms with Gasteiger partial charge in [0.25, 0.3) is 0 Å². The number of hydrogen-bond acceptors (Lipinski definition) is 5. The Morgan fingerprint density at radius 1 is 1.21 bits per heavy atom. The lowest BCUT2D eigenvalue weighted by molar-refractivity contribution is 0.0697. The van der Waals surface area contributed by atoms with Gasteiger partial charge in [-0.25, -0.2) is 4.79 Å². The highest BCUT2D eigenvalue weighted by Gasteiger charge is 2.24. The van der Waals surface area contributed by atoms with E-state index in [2.05, 4.69) is 6.07 Å². The van der Waals surface area contributed by atoms with E-state index in [0.717, 1.165) is 0 Å². The molecule has 0 aliphatic carbocycles. The summed E-state index contributed by atoms with van der Waals surface area (Å²) in [6.45, 7) is 3.95. The van der Waals surface area contributed by atoms with Gasteiger partial charge in [0.15, 0.2) is 0 Å². The van der Waals surface area contributed by atoms with E-state index in [1.165, 1.54) is 12.1 Å². The highest BCUT2D eigenvalue weighted by Crippen LogP contribution is 2.51. The second-order valence-electron chi connectivity index (χ2n) is 5.10. The van der Waals surface area contributed by atoms with Crippen LogP contribution in [-0.4, -0.2) is 24.3 Å². The number of aromatic carboxylic acids is 1. The van der Waals surface area contributed by atoms with Crippen LogP contribution in [0.5, 0.6) is 0 Å². The monoisotopic (exact) mass is 347 g/mol. The molecule has 2 aromatic rings. The number of benzene rings is 2. The van der Waals surface area contributed by atoms with E-state index < -0.39 is 13.6 Å². The molecule has 7 heteroatoms. The molecule has 0 heterocycles. The first-order valence-corrected chi connectivity index (χ1v) is 9.23. The number of carboxylic acids is 1. The zero-order valence-corrected chi connectivity index (χ0v) is 14.4. The van der Waals surface area contributed by atoms with Crippen molar-refractivity contribution in [2.45, 2.75) is 20.0 Å². The summed E-state index contributed by atoms with van der Waals surface area (Å²) < 4.78 is 23.2. The van der Waals surface area contributed by atoms with E-state index in [4.69, 9.17) is 14.2 Å². The molecular weight excluding hydrogens is 329 g/mol. The van der Waals surface area contributed by atoms with E-state index in [0.29, 0.717) is 21.9 Å². The molecule has 0 bridgehead atoms. The van der Waals surface area contributed by atoms with E-state index >= 15 is 0 Å². The molecular formula is C17H18NO5P. The predicted molar refractivity (Wildman–Crippen MR) is 90.2 cm³/mol. The van der Waals surface area contributed by atoms with Gasteiger partial charge >= 0.3 is 13.6 Å². The average Bonchev–Trinajstić information content (AvgIpc) is 2.53. The molecule has 0 radical (unpaired) electrons. The Balaban J connectivity index is 2.52. The van der Waals surface area contributed by atoms with Gasteiger partial charge in [0.05, 0.1) is 36.6 Å². The van der Waals surface area contributed by atoms with Gasteiger partial charge in [-0.1, -0.05) is 12.1 Å². The molecule has 0 aliphatic rings. The Hall–Kier alpha value is -2.19. The van der Waals surface area contributed by atoms with Gasteiger partial charge in [-0.15, -0.1) is 0 Å². The molecule has 24 heavy (non-hydrogen) atoms. The van der Waals surface area contributed by atoms with Crippen LogP contribution in [0.15, 0.2) is 30.3 Å². The second-order valence-corrected chi connectivity index (χ2v) is 7.16. The minimum absolute atomic E-state index is 0.0244. The summed E-state index contributed by atoms with van der Waals surface area (Å²) in [5, 5.41) is 19.7. The van der Waals surface area contributed by atoms with Gasteiger partial charge in [0, 0.05) is 0 Å². The number of rotatable bonds is 7. The average molecular weight is 347 g/mol. The molecule has 0 aromatic heterocycles. The van der Waals surface area contributed by atoms with Crippen molar-refractivity contribution in [3.05, 3.63) is 47.0 Å². The van der Waals surface area contributed by atoms with Crippen LogP contribution in [0.4, 0.5) is 0 Å². The molecule has 0 spiro atoms. The number of carbonyl (C=O) groups is 1. The first-order chi connectivity index (χ1) is 11.4. The number of hydrogen-bond donors (Lipinski definition) is 1. The van der Waals surface area contributed by atoms with Gasteiger partial charge in [0.2, 0.25) is 0 Å². The van der Waals surface area contributed by atoms with Crippen LogP contribution in [0.3, 0.4) is 0 Å². The summed E-state index contributed by atoms with van der Waals surface area (Å²) in [6.07, 6.45) is 0.0244. The zero-order chi connectivity index (χ0) is 17.7. The van der Waals surface area contributed by atoms with E-state index in [-0.39, 0.29) is 24.9 Å². The standard InChI is InChI=1S/C17H18NO5P/c1-3-22-24(21,23-4-2)11-12-7-14-9-13(17(19)20)5-6-16(14)15(8-12)10-18/h5-9H,3-4,11H2,1-2H3,(H,19,20). The second kappa shape index (κ2) is 7.59. The Kier molecular flexibility index (Phi) is 5.74. The molecule has 0 fully saturated rings. The fraction of sp³-hybridized carbons (Fsp3) is 0.294. The van der Waals surface area contributed by atoms with E-state index in [1.807, 2.05) is 0 Å². The Labute approximate surface area is 140 Å². The molecule has 0 saturated carbocycles. The molecule has 0 amide bonds. The molecule has 1 N–H and O–H groups in total. The van der Waals surface area contributed by atoms with Gasteiger partial charge in [-0.3, -0.25) is 4.57 Å². The van der Waals surface area contributed by atoms with E-state index in [1.54, 1.807) is 32.0 Å². The summed E-state index contributed by atoms with van der Waals surface area (Å²) in [7, 11) is -3.31. The van der Waals surface area contributed by atoms with Crippen molar-refractivity contribution in [3.63, 3.8) is 0 Å². The summed E-state index contributed by atoms with van der Waals surface area (Å²) in [5.74, 6) is -1.05. The van der Waals surface area contributed by atoms with Crippen molar-refractivity contribution >= 4 is 24.3 Å². The maximum absolute atomic E-state index is 12.7. The van der Waals surface area contributed by atoms with Crippen LogP contribution >= 0.6 is 7.60 Å². The van der Waals surface area contributed by atoms with Crippen LogP contribution in [0.25, 0.3) is 10.8 Å². The van der Waals surface area contributed by atoms with Gasteiger partial charge in [-0.05, 0) is 48.4 Å². The highest BCUT2D eigenvalue weighted by molar-refractivity contribution is 7.53. The largest absolute Gasteiger partial charge is 0.478 e. The van der Waals surface area contributed by atoms with Gasteiger partial charge in [0.1, 0.15) is 0 Å². The minimum Gasteiger partial charge on any atom is -0.478 e. The van der Waals surface area contributed by atoms with Crippen molar-refractivity contribution in [3.8, 4) is 6.07 Å². The lowest BCUT2D eigenvalue weighted by Gasteiger charge is -2.17. The maximum atomic E-state index is 12.7. The van der Waals surface area contributed by atoms with Crippen LogP contribution in [0.2, 0.25) is 0 Å². The van der Waals surface area contributed by atoms with Crippen LogP contribution < -0.4 is 0 Å². The third-order valence-electron chi connectivity index (χ3n) is 3.41. The summed E-state index contributed by atoms with van der Waals surface area (Å²) in [4.78, 5) is 11.1. The summed E-state index contributed by atoms with van der Waals surface area (Å²) in [6, 6.07) is 9.99. The lowest BCUT2D eigenvalue weighted by atomic mass is 10.00. The van der Waals surface area contributed by atoms with Crippen LogP contribution in [0, 0.1) is 11.3 Å². The van der Waals surface area contributed by atoms with E-state index in [9.17, 15) is 14.6 Å². The quantitative estimate of drug-likeness (QED) is 0.755. The Morgan fingerprint density at radius 3 is 2.42 bits per heavy atom. The number of nitriles is 1. The molecule has 0 unspecified atom stereocenters. The SMILES string of the molecule is CCOP(=O)(Cc1cc(C#N)c2ccc(C(=O)O)cc2c1)OCC. The van der Waals surface area contributed by atoms with Gasteiger partial charge in [-0.2, -0.15) is 5.26 Å². The number of fused-ring (bicyclic) bond motifs is 1. The van der Waals surface area contributed by atoms with Crippen molar-refractivity contribution in [2.75, 3.05) is 13.2 Å². The van der Waals surface area contributed by atoms with Crippen molar-refractivity contribution in [1.29, 1.82) is 5.26 Å². The smallest absolute Gasteiger partial charge is 0.335 e. The molecule has 0 saturated heterocycles. The molecule has 0 atom stereocenters. The van der Waals surface area contributed by atoms with Crippen LogP contribution in [-0.2, 0) is 19.8 Å². The molecule has 2 rings (SSSR count). The molecule has 6 nitrogen and oxygen atoms in total. The summed E-state index contributed by atoms with van der Waals surface area (Å²) >= 11 is 0. The molecule has 0 aliphatic heterocycles. The fourth-order valence-electron chi connectivity index (χ4n) is 2.49. The third kappa shape index (κ3) is 4.01. The first kappa shape index (κ1) is 18.2. The third-order valence-corrected chi connectivity index (χ3v) is 5.46. The Morgan fingerprint density at radius 2 is 1.88 bits per heavy atom. The number of carboxylic acid groups (broad SMARTS) is 1. The maximum Gasteiger partial charge on any atom is 0.335 e. The van der Waals surface area contributed by atoms with Gasteiger partial charge < -0.3 is 14.2 Å². The molecule has 126 valence electrons. The lowest BCUT2D eigenvalue weighted by Crippen LogP contribution is -2.00. The minimum atomic E-state index is -3.31. The first-order valence-electron chi connectivity index (χ1n) is 7.50.